The van der Waals surface area contributed by atoms with Gasteiger partial charge in [0.25, 0.3) is 5.56 Å². The maximum Gasteiger partial charge on any atom is 0.433 e. The maximum absolute atomic E-state index is 14.1. The van der Waals surface area contributed by atoms with Gasteiger partial charge in [0.15, 0.2) is 5.69 Å². The van der Waals surface area contributed by atoms with Gasteiger partial charge in [-0.25, -0.2) is 18.7 Å². The Kier molecular flexibility index (Phi) is 4.86. The van der Waals surface area contributed by atoms with E-state index in [1.54, 1.807) is 0 Å². The molecule has 0 unspecified atom stereocenters. The summed E-state index contributed by atoms with van der Waals surface area (Å²) in [6.07, 6.45) is -4.91. The number of aromatic nitrogens is 2. The SMILES string of the molecule is COC(=O)c1cc(-n2c(Cl)nc(C(F)(F)F)cc2=O)c(F)cc1Cl. The first-order valence-electron chi connectivity index (χ1n) is 6.00. The molecular weight excluding hydrogens is 379 g/mol. The molecule has 0 bridgehead atoms. The Morgan fingerprint density at radius 1 is 1.25 bits per heavy atom. The highest BCUT2D eigenvalue weighted by molar-refractivity contribution is 6.33. The third-order valence-corrected chi connectivity index (χ3v) is 3.42. The minimum Gasteiger partial charge on any atom is -0.465 e. The van der Waals surface area contributed by atoms with Gasteiger partial charge in [-0.2, -0.15) is 13.2 Å². The van der Waals surface area contributed by atoms with Crippen molar-refractivity contribution in [1.29, 1.82) is 0 Å². The van der Waals surface area contributed by atoms with Gasteiger partial charge in [0, 0.05) is 6.07 Å². The summed E-state index contributed by atoms with van der Waals surface area (Å²) in [6.45, 7) is 0. The van der Waals surface area contributed by atoms with Gasteiger partial charge >= 0.3 is 12.1 Å². The molecule has 1 aromatic heterocycles. The number of carbonyl (C=O) groups excluding carboxylic acids is 1. The number of alkyl halides is 3. The van der Waals surface area contributed by atoms with E-state index in [1.165, 1.54) is 0 Å². The zero-order valence-electron chi connectivity index (χ0n) is 11.6. The molecule has 0 saturated heterocycles. The molecule has 0 aliphatic rings. The second-order valence-corrected chi connectivity index (χ2v) is 5.10. The Hall–Kier alpha value is -2.13. The molecule has 1 heterocycles. The van der Waals surface area contributed by atoms with E-state index < -0.39 is 40.2 Å². The molecule has 0 amide bonds. The molecule has 2 aromatic rings. The summed E-state index contributed by atoms with van der Waals surface area (Å²) in [5, 5.41) is -1.25. The van der Waals surface area contributed by atoms with Gasteiger partial charge in [-0.3, -0.25) is 4.79 Å². The van der Waals surface area contributed by atoms with Gasteiger partial charge in [-0.15, -0.1) is 0 Å². The van der Waals surface area contributed by atoms with Crippen molar-refractivity contribution in [2.75, 3.05) is 7.11 Å². The van der Waals surface area contributed by atoms with Crippen molar-refractivity contribution in [2.45, 2.75) is 6.18 Å². The van der Waals surface area contributed by atoms with Crippen LogP contribution in [-0.2, 0) is 10.9 Å². The molecule has 0 aliphatic heterocycles. The number of hydrogen-bond donors (Lipinski definition) is 0. The Labute approximate surface area is 141 Å². The van der Waals surface area contributed by atoms with Crippen LogP contribution >= 0.6 is 23.2 Å². The lowest BCUT2D eigenvalue weighted by atomic mass is 10.2. The molecule has 11 heteroatoms. The van der Waals surface area contributed by atoms with E-state index in [0.29, 0.717) is 10.6 Å². The number of rotatable bonds is 2. The monoisotopic (exact) mass is 384 g/mol. The summed E-state index contributed by atoms with van der Waals surface area (Å²) >= 11 is 11.3. The zero-order valence-corrected chi connectivity index (χ0v) is 13.1. The quantitative estimate of drug-likeness (QED) is 0.451. The minimum absolute atomic E-state index is 0.151. The van der Waals surface area contributed by atoms with E-state index in [9.17, 15) is 27.2 Å². The molecule has 0 aliphatic carbocycles. The van der Waals surface area contributed by atoms with Crippen LogP contribution < -0.4 is 5.56 Å². The number of carbonyl (C=O) groups is 1. The third-order valence-electron chi connectivity index (χ3n) is 2.85. The largest absolute Gasteiger partial charge is 0.465 e. The van der Waals surface area contributed by atoms with Crippen LogP contribution in [0.5, 0.6) is 0 Å². The van der Waals surface area contributed by atoms with Crippen LogP contribution in [0.4, 0.5) is 17.6 Å². The fraction of sp³-hybridized carbons (Fsp3) is 0.154. The molecule has 0 N–H and O–H groups in total. The molecule has 0 radical (unpaired) electrons. The Bertz CT molecular complexity index is 881. The first kappa shape index (κ1) is 18.2. The standard InChI is InChI=1S/C13H6Cl2F4N2O3/c1-24-11(23)5-2-8(7(16)3-6(5)14)21-10(22)4-9(13(17,18)19)20-12(21)15/h2-4H,1H3. The number of halogens is 6. The highest BCUT2D eigenvalue weighted by Gasteiger charge is 2.34. The van der Waals surface area contributed by atoms with Crippen LogP contribution in [0.15, 0.2) is 23.0 Å². The lowest BCUT2D eigenvalue weighted by Gasteiger charge is -2.13. The minimum atomic E-state index is -4.91. The zero-order chi connectivity index (χ0) is 18.2. The van der Waals surface area contributed by atoms with Crippen molar-refractivity contribution in [3.8, 4) is 5.69 Å². The number of nitrogens with zero attached hydrogens (tertiary/aromatic N) is 2. The average Bonchev–Trinajstić information content (AvgIpc) is 2.46. The van der Waals surface area contributed by atoms with Crippen molar-refractivity contribution in [2.24, 2.45) is 0 Å². The van der Waals surface area contributed by atoms with Crippen LogP contribution in [0, 0.1) is 5.82 Å². The van der Waals surface area contributed by atoms with Crippen LogP contribution in [-0.4, -0.2) is 22.6 Å². The summed E-state index contributed by atoms with van der Waals surface area (Å²) in [5.74, 6) is -2.04. The lowest BCUT2D eigenvalue weighted by Crippen LogP contribution is -2.24. The second-order valence-electron chi connectivity index (χ2n) is 4.36. The van der Waals surface area contributed by atoms with Gasteiger partial charge in [0.2, 0.25) is 5.28 Å². The molecule has 24 heavy (non-hydrogen) atoms. The predicted octanol–water partition coefficient (Wildman–Crippen LogP) is 3.48. The first-order chi connectivity index (χ1) is 11.1. The number of hydrogen-bond acceptors (Lipinski definition) is 4. The normalized spacial score (nSPS) is 11.5. The van der Waals surface area contributed by atoms with Crippen molar-refractivity contribution in [3.05, 3.63) is 55.9 Å². The summed E-state index contributed by atoms with van der Waals surface area (Å²) in [6, 6.07) is 1.67. The number of ether oxygens (including phenoxy) is 1. The van der Waals surface area contributed by atoms with Gasteiger partial charge < -0.3 is 4.74 Å². The second kappa shape index (κ2) is 6.40. The predicted molar refractivity (Wildman–Crippen MR) is 76.2 cm³/mol. The van der Waals surface area contributed by atoms with E-state index in [4.69, 9.17) is 23.2 Å². The smallest absolute Gasteiger partial charge is 0.433 e. The summed E-state index contributed by atoms with van der Waals surface area (Å²) in [5.41, 5.74) is -3.73. The number of methoxy groups -OCH3 is 1. The molecule has 1 aromatic carbocycles. The molecule has 0 fully saturated rings. The molecule has 0 spiro atoms. The highest BCUT2D eigenvalue weighted by atomic mass is 35.5. The van der Waals surface area contributed by atoms with Gasteiger partial charge in [0.05, 0.1) is 23.4 Å². The first-order valence-corrected chi connectivity index (χ1v) is 6.76. The molecular formula is C13H6Cl2F4N2O3. The van der Waals surface area contributed by atoms with E-state index in [1.807, 2.05) is 0 Å². The summed E-state index contributed by atoms with van der Waals surface area (Å²) in [4.78, 5) is 26.5. The summed E-state index contributed by atoms with van der Waals surface area (Å²) < 4.78 is 56.7. The van der Waals surface area contributed by atoms with Crippen LogP contribution in [0.3, 0.4) is 0 Å². The Balaban J connectivity index is 2.73. The van der Waals surface area contributed by atoms with Crippen molar-refractivity contribution in [3.63, 3.8) is 0 Å². The van der Waals surface area contributed by atoms with Crippen molar-refractivity contribution >= 4 is 29.2 Å². The van der Waals surface area contributed by atoms with Gasteiger partial charge in [-0.05, 0) is 23.7 Å². The topological polar surface area (TPSA) is 61.2 Å². The molecule has 0 atom stereocenters. The van der Waals surface area contributed by atoms with Crippen molar-refractivity contribution < 1.29 is 27.1 Å². The fourth-order valence-corrected chi connectivity index (χ4v) is 2.29. The fourth-order valence-electron chi connectivity index (χ4n) is 1.79. The molecule has 5 nitrogen and oxygen atoms in total. The van der Waals surface area contributed by atoms with E-state index >= 15 is 0 Å². The summed E-state index contributed by atoms with van der Waals surface area (Å²) in [7, 11) is 1.04. The van der Waals surface area contributed by atoms with Crippen LogP contribution in [0.25, 0.3) is 5.69 Å². The Morgan fingerprint density at radius 3 is 2.38 bits per heavy atom. The molecule has 2 rings (SSSR count). The van der Waals surface area contributed by atoms with E-state index in [-0.39, 0.29) is 16.7 Å². The average molecular weight is 385 g/mol. The van der Waals surface area contributed by atoms with E-state index in [2.05, 4.69) is 9.72 Å². The van der Waals surface area contributed by atoms with Crippen LogP contribution in [0.1, 0.15) is 16.1 Å². The van der Waals surface area contributed by atoms with Crippen LogP contribution in [0.2, 0.25) is 10.3 Å². The van der Waals surface area contributed by atoms with Gasteiger partial charge in [0.1, 0.15) is 5.82 Å². The maximum atomic E-state index is 14.1. The Morgan fingerprint density at radius 2 is 1.88 bits per heavy atom. The van der Waals surface area contributed by atoms with Crippen molar-refractivity contribution in [1.82, 2.24) is 9.55 Å². The molecule has 0 saturated carbocycles. The van der Waals surface area contributed by atoms with E-state index in [0.717, 1.165) is 13.2 Å². The lowest BCUT2D eigenvalue weighted by molar-refractivity contribution is -0.141. The number of benzene rings is 1. The number of esters is 1. The van der Waals surface area contributed by atoms with Gasteiger partial charge in [-0.1, -0.05) is 11.6 Å². The third kappa shape index (κ3) is 3.36. The molecule has 128 valence electrons. The highest BCUT2D eigenvalue weighted by Crippen LogP contribution is 2.29.